The second-order valence-electron chi connectivity index (χ2n) is 5.44. The van der Waals surface area contributed by atoms with Gasteiger partial charge in [0.25, 0.3) is 5.91 Å². The number of amides is 2. The van der Waals surface area contributed by atoms with Crippen molar-refractivity contribution >= 4 is 28.9 Å². The standard InChI is InChI=1S/C17H20N4O2/c1-11(2)19-17(23)16-10-15(7-8-18-16)21-14-6-4-5-13(9-14)20-12(3)22/h4-11H,1-3H3,(H,18,21)(H,19,23)(H,20,22). The fourth-order valence-electron chi connectivity index (χ4n) is 2.01. The Morgan fingerprint density at radius 1 is 1.04 bits per heavy atom. The first-order chi connectivity index (χ1) is 10.9. The predicted molar refractivity (Wildman–Crippen MR) is 90.9 cm³/mol. The molecule has 2 aromatic rings. The number of pyridine rings is 1. The minimum absolute atomic E-state index is 0.0512. The molecule has 0 fully saturated rings. The summed E-state index contributed by atoms with van der Waals surface area (Å²) < 4.78 is 0. The van der Waals surface area contributed by atoms with E-state index in [4.69, 9.17) is 0 Å². The quantitative estimate of drug-likeness (QED) is 0.792. The maximum absolute atomic E-state index is 12.0. The van der Waals surface area contributed by atoms with Crippen LogP contribution in [0.5, 0.6) is 0 Å². The summed E-state index contributed by atoms with van der Waals surface area (Å²) >= 11 is 0. The van der Waals surface area contributed by atoms with Crippen LogP contribution in [0.25, 0.3) is 0 Å². The van der Waals surface area contributed by atoms with Crippen molar-refractivity contribution in [3.63, 3.8) is 0 Å². The molecule has 0 radical (unpaired) electrons. The van der Waals surface area contributed by atoms with E-state index in [1.54, 1.807) is 24.4 Å². The van der Waals surface area contributed by atoms with Gasteiger partial charge in [-0.05, 0) is 44.2 Å². The summed E-state index contributed by atoms with van der Waals surface area (Å²) in [6.45, 7) is 5.25. The first-order valence-electron chi connectivity index (χ1n) is 7.35. The molecule has 23 heavy (non-hydrogen) atoms. The number of rotatable bonds is 5. The fraction of sp³-hybridized carbons (Fsp3) is 0.235. The average molecular weight is 312 g/mol. The smallest absolute Gasteiger partial charge is 0.270 e. The van der Waals surface area contributed by atoms with E-state index in [1.807, 2.05) is 32.0 Å². The Hall–Kier alpha value is -2.89. The van der Waals surface area contributed by atoms with Gasteiger partial charge in [0, 0.05) is 36.2 Å². The van der Waals surface area contributed by atoms with Gasteiger partial charge in [-0.15, -0.1) is 0 Å². The largest absolute Gasteiger partial charge is 0.355 e. The van der Waals surface area contributed by atoms with E-state index in [2.05, 4.69) is 20.9 Å². The van der Waals surface area contributed by atoms with Crippen molar-refractivity contribution in [3.05, 3.63) is 48.3 Å². The zero-order valence-corrected chi connectivity index (χ0v) is 13.4. The van der Waals surface area contributed by atoms with Gasteiger partial charge >= 0.3 is 0 Å². The molecule has 0 atom stereocenters. The van der Waals surface area contributed by atoms with E-state index < -0.39 is 0 Å². The van der Waals surface area contributed by atoms with Crippen molar-refractivity contribution in [2.45, 2.75) is 26.8 Å². The van der Waals surface area contributed by atoms with Gasteiger partial charge in [-0.3, -0.25) is 14.6 Å². The number of nitrogens with one attached hydrogen (secondary N) is 3. The van der Waals surface area contributed by atoms with Crippen LogP contribution in [0.4, 0.5) is 17.1 Å². The lowest BCUT2D eigenvalue weighted by molar-refractivity contribution is -0.114. The molecular formula is C17H20N4O2. The Morgan fingerprint density at radius 3 is 2.43 bits per heavy atom. The van der Waals surface area contributed by atoms with Crippen molar-refractivity contribution in [2.24, 2.45) is 0 Å². The molecule has 0 aliphatic heterocycles. The first kappa shape index (κ1) is 16.5. The molecule has 1 heterocycles. The lowest BCUT2D eigenvalue weighted by Crippen LogP contribution is -2.30. The van der Waals surface area contributed by atoms with E-state index in [-0.39, 0.29) is 17.9 Å². The van der Waals surface area contributed by atoms with Crippen LogP contribution in [0.2, 0.25) is 0 Å². The van der Waals surface area contributed by atoms with Gasteiger partial charge in [0.1, 0.15) is 5.69 Å². The third-order valence-electron chi connectivity index (χ3n) is 2.88. The number of carbonyl (C=O) groups is 2. The molecule has 0 unspecified atom stereocenters. The number of benzene rings is 1. The Kier molecular flexibility index (Phi) is 5.30. The molecule has 0 saturated carbocycles. The predicted octanol–water partition coefficient (Wildman–Crippen LogP) is 2.92. The second kappa shape index (κ2) is 7.40. The molecule has 0 bridgehead atoms. The zero-order valence-electron chi connectivity index (χ0n) is 13.4. The Bertz CT molecular complexity index is 713. The molecule has 0 spiro atoms. The summed E-state index contributed by atoms with van der Waals surface area (Å²) in [5.74, 6) is -0.339. The lowest BCUT2D eigenvalue weighted by atomic mass is 10.2. The van der Waals surface area contributed by atoms with Crippen molar-refractivity contribution in [1.29, 1.82) is 0 Å². The van der Waals surface area contributed by atoms with Crippen LogP contribution in [0.3, 0.4) is 0 Å². The molecule has 6 nitrogen and oxygen atoms in total. The number of carbonyl (C=O) groups excluding carboxylic acids is 2. The Morgan fingerprint density at radius 2 is 1.74 bits per heavy atom. The highest BCUT2D eigenvalue weighted by molar-refractivity contribution is 5.93. The van der Waals surface area contributed by atoms with Crippen LogP contribution in [-0.4, -0.2) is 22.8 Å². The highest BCUT2D eigenvalue weighted by Gasteiger charge is 2.09. The monoisotopic (exact) mass is 312 g/mol. The molecule has 2 amide bonds. The second-order valence-corrected chi connectivity index (χ2v) is 5.44. The van der Waals surface area contributed by atoms with Crippen molar-refractivity contribution in [1.82, 2.24) is 10.3 Å². The van der Waals surface area contributed by atoms with Crippen LogP contribution in [0.15, 0.2) is 42.6 Å². The summed E-state index contributed by atoms with van der Waals surface area (Å²) in [6, 6.07) is 10.8. The van der Waals surface area contributed by atoms with Gasteiger partial charge in [-0.2, -0.15) is 0 Å². The zero-order chi connectivity index (χ0) is 16.8. The summed E-state index contributed by atoms with van der Waals surface area (Å²) in [4.78, 5) is 27.2. The third-order valence-corrected chi connectivity index (χ3v) is 2.88. The van der Waals surface area contributed by atoms with Gasteiger partial charge in [-0.1, -0.05) is 6.07 Å². The lowest BCUT2D eigenvalue weighted by Gasteiger charge is -2.11. The van der Waals surface area contributed by atoms with Crippen LogP contribution in [0.1, 0.15) is 31.3 Å². The minimum atomic E-state index is -0.212. The average Bonchev–Trinajstić information content (AvgIpc) is 2.46. The molecule has 1 aromatic heterocycles. The van der Waals surface area contributed by atoms with Crippen LogP contribution < -0.4 is 16.0 Å². The molecule has 1 aromatic carbocycles. The van der Waals surface area contributed by atoms with Gasteiger partial charge in [0.15, 0.2) is 0 Å². The van der Waals surface area contributed by atoms with Crippen LogP contribution in [0, 0.1) is 0 Å². The highest BCUT2D eigenvalue weighted by Crippen LogP contribution is 2.20. The summed E-state index contributed by atoms with van der Waals surface area (Å²) in [5, 5.41) is 8.73. The summed E-state index contributed by atoms with van der Waals surface area (Å²) in [6.07, 6.45) is 1.58. The van der Waals surface area contributed by atoms with Crippen molar-refractivity contribution < 1.29 is 9.59 Å². The van der Waals surface area contributed by atoms with Gasteiger partial charge in [-0.25, -0.2) is 0 Å². The molecule has 0 aliphatic carbocycles. The molecule has 2 rings (SSSR count). The molecule has 120 valence electrons. The SMILES string of the molecule is CC(=O)Nc1cccc(Nc2ccnc(C(=O)NC(C)C)c2)c1. The Labute approximate surface area is 135 Å². The number of anilines is 3. The summed E-state index contributed by atoms with van der Waals surface area (Å²) in [7, 11) is 0. The Balaban J connectivity index is 2.14. The number of nitrogens with zero attached hydrogens (tertiary/aromatic N) is 1. The molecule has 0 saturated heterocycles. The number of hydrogen-bond donors (Lipinski definition) is 3. The number of hydrogen-bond acceptors (Lipinski definition) is 4. The van der Waals surface area contributed by atoms with E-state index in [9.17, 15) is 9.59 Å². The topological polar surface area (TPSA) is 83.1 Å². The van der Waals surface area contributed by atoms with Crippen LogP contribution in [-0.2, 0) is 4.79 Å². The maximum Gasteiger partial charge on any atom is 0.270 e. The van der Waals surface area contributed by atoms with Gasteiger partial charge in [0.05, 0.1) is 0 Å². The van der Waals surface area contributed by atoms with Gasteiger partial charge in [0.2, 0.25) is 5.91 Å². The van der Waals surface area contributed by atoms with E-state index >= 15 is 0 Å². The maximum atomic E-state index is 12.0. The van der Waals surface area contributed by atoms with E-state index in [0.29, 0.717) is 11.4 Å². The third kappa shape index (κ3) is 5.10. The van der Waals surface area contributed by atoms with E-state index in [1.165, 1.54) is 6.92 Å². The normalized spacial score (nSPS) is 10.3. The highest BCUT2D eigenvalue weighted by atomic mass is 16.2. The summed E-state index contributed by atoms with van der Waals surface area (Å²) in [5.41, 5.74) is 2.60. The molecule has 6 heteroatoms. The minimum Gasteiger partial charge on any atom is -0.355 e. The van der Waals surface area contributed by atoms with Gasteiger partial charge < -0.3 is 16.0 Å². The number of aromatic nitrogens is 1. The first-order valence-corrected chi connectivity index (χ1v) is 7.35. The van der Waals surface area contributed by atoms with Crippen LogP contribution >= 0.6 is 0 Å². The van der Waals surface area contributed by atoms with Crippen molar-refractivity contribution in [3.8, 4) is 0 Å². The van der Waals surface area contributed by atoms with Crippen molar-refractivity contribution in [2.75, 3.05) is 10.6 Å². The molecule has 0 aliphatic rings. The molecule has 3 N–H and O–H groups in total. The van der Waals surface area contributed by atoms with E-state index in [0.717, 1.165) is 11.4 Å². The molecular weight excluding hydrogens is 292 g/mol. The fourth-order valence-corrected chi connectivity index (χ4v) is 2.01.